The van der Waals surface area contributed by atoms with Crippen LogP contribution in [-0.2, 0) is 22.6 Å². The van der Waals surface area contributed by atoms with Crippen molar-refractivity contribution in [1.29, 1.82) is 0 Å². The number of nitrogens with one attached hydrogen (secondary N) is 1. The minimum absolute atomic E-state index is 0.0355. The van der Waals surface area contributed by atoms with E-state index in [2.05, 4.69) is 5.32 Å². The second kappa shape index (κ2) is 11.6. The molecule has 1 atom stereocenters. The van der Waals surface area contributed by atoms with E-state index in [0.717, 1.165) is 23.1 Å². The molecule has 5 heteroatoms. The van der Waals surface area contributed by atoms with Crippen molar-refractivity contribution in [2.45, 2.75) is 59.0 Å². The lowest BCUT2D eigenvalue weighted by molar-refractivity contribution is -0.141. The number of carbonyl (C=O) groups excluding carboxylic acids is 2. The summed E-state index contributed by atoms with van der Waals surface area (Å²) in [6.45, 7) is 7.02. The van der Waals surface area contributed by atoms with Gasteiger partial charge in [0.1, 0.15) is 6.04 Å². The number of benzene rings is 2. The molecule has 0 bridgehead atoms. The largest absolute Gasteiger partial charge is 0.354 e. The monoisotopic (exact) mass is 414 g/mol. The van der Waals surface area contributed by atoms with Crippen molar-refractivity contribution in [3.05, 3.63) is 70.2 Å². The lowest BCUT2D eigenvalue weighted by Gasteiger charge is -2.31. The summed E-state index contributed by atoms with van der Waals surface area (Å²) in [6.07, 6.45) is 2.29. The highest BCUT2D eigenvalue weighted by molar-refractivity contribution is 6.31. The quantitative estimate of drug-likeness (QED) is 0.600. The fraction of sp³-hybridized carbons (Fsp3) is 0.417. The fourth-order valence-electron chi connectivity index (χ4n) is 3.34. The maximum Gasteiger partial charge on any atom is 0.242 e. The number of amides is 2. The van der Waals surface area contributed by atoms with Crippen LogP contribution in [0.15, 0.2) is 48.5 Å². The first-order chi connectivity index (χ1) is 14.0. The van der Waals surface area contributed by atoms with Gasteiger partial charge < -0.3 is 10.2 Å². The van der Waals surface area contributed by atoms with Crippen molar-refractivity contribution in [3.63, 3.8) is 0 Å². The average Bonchev–Trinajstić information content (AvgIpc) is 2.72. The van der Waals surface area contributed by atoms with E-state index in [4.69, 9.17) is 11.6 Å². The first kappa shape index (κ1) is 23.0. The minimum Gasteiger partial charge on any atom is -0.354 e. The van der Waals surface area contributed by atoms with Crippen molar-refractivity contribution in [3.8, 4) is 0 Å². The summed E-state index contributed by atoms with van der Waals surface area (Å²) in [4.78, 5) is 27.7. The maximum atomic E-state index is 13.2. The maximum absolute atomic E-state index is 13.2. The standard InChI is InChI=1S/C24H31ClN2O2/c1-4-16-26-24(29)22(5-2)27(17-20-12-7-6-10-18(20)3)23(28)15-14-19-11-8-9-13-21(19)25/h6-13,22H,4-5,14-17H2,1-3H3,(H,26,29)/t22-/m0/s1. The van der Waals surface area contributed by atoms with Gasteiger partial charge in [0.25, 0.3) is 0 Å². The molecule has 2 aromatic rings. The third-order valence-corrected chi connectivity index (χ3v) is 5.47. The molecule has 0 aliphatic carbocycles. The van der Waals surface area contributed by atoms with Crippen LogP contribution in [0.4, 0.5) is 0 Å². The Bertz CT molecular complexity index is 822. The molecule has 156 valence electrons. The Morgan fingerprint density at radius 2 is 1.69 bits per heavy atom. The lowest BCUT2D eigenvalue weighted by Crippen LogP contribution is -2.49. The Morgan fingerprint density at radius 3 is 2.31 bits per heavy atom. The molecule has 1 N–H and O–H groups in total. The Hall–Kier alpha value is -2.33. The Kier molecular flexibility index (Phi) is 9.20. The third-order valence-electron chi connectivity index (χ3n) is 5.10. The van der Waals surface area contributed by atoms with Gasteiger partial charge in [-0.2, -0.15) is 0 Å². The highest BCUT2D eigenvalue weighted by Gasteiger charge is 2.28. The number of rotatable bonds is 10. The zero-order chi connectivity index (χ0) is 21.2. The summed E-state index contributed by atoms with van der Waals surface area (Å²) in [5.41, 5.74) is 3.11. The number of nitrogens with zero attached hydrogens (tertiary/aromatic N) is 1. The number of carbonyl (C=O) groups is 2. The van der Waals surface area contributed by atoms with E-state index in [1.165, 1.54) is 0 Å². The summed E-state index contributed by atoms with van der Waals surface area (Å²) in [7, 11) is 0. The molecular weight excluding hydrogens is 384 g/mol. The SMILES string of the molecule is CCCNC(=O)[C@H](CC)N(Cc1ccccc1C)C(=O)CCc1ccccc1Cl. The predicted molar refractivity (Wildman–Crippen MR) is 119 cm³/mol. The molecular formula is C24H31ClN2O2. The highest BCUT2D eigenvalue weighted by atomic mass is 35.5. The third kappa shape index (κ3) is 6.60. The summed E-state index contributed by atoms with van der Waals surface area (Å²) >= 11 is 6.25. The van der Waals surface area contributed by atoms with Crippen LogP contribution in [-0.4, -0.2) is 29.3 Å². The molecule has 2 amide bonds. The Morgan fingerprint density at radius 1 is 1.03 bits per heavy atom. The molecule has 2 rings (SSSR count). The highest BCUT2D eigenvalue weighted by Crippen LogP contribution is 2.20. The van der Waals surface area contributed by atoms with E-state index in [1.54, 1.807) is 4.90 Å². The van der Waals surface area contributed by atoms with Crippen LogP contribution in [0.5, 0.6) is 0 Å². The Labute approximate surface area is 179 Å². The second-order valence-electron chi connectivity index (χ2n) is 7.25. The minimum atomic E-state index is -0.486. The van der Waals surface area contributed by atoms with Crippen molar-refractivity contribution in [1.82, 2.24) is 10.2 Å². The van der Waals surface area contributed by atoms with Crippen LogP contribution in [0.1, 0.15) is 49.8 Å². The van der Waals surface area contributed by atoms with E-state index in [0.29, 0.717) is 37.4 Å². The van der Waals surface area contributed by atoms with E-state index in [1.807, 2.05) is 69.3 Å². The first-order valence-corrected chi connectivity index (χ1v) is 10.7. The van der Waals surface area contributed by atoms with Gasteiger partial charge in [0.15, 0.2) is 0 Å². The average molecular weight is 415 g/mol. The van der Waals surface area contributed by atoms with Gasteiger partial charge in [-0.15, -0.1) is 0 Å². The molecule has 2 aromatic carbocycles. The molecule has 0 radical (unpaired) electrons. The summed E-state index contributed by atoms with van der Waals surface area (Å²) in [5, 5.41) is 3.61. The molecule has 0 unspecified atom stereocenters. The normalized spacial score (nSPS) is 11.7. The number of hydrogen-bond acceptors (Lipinski definition) is 2. The molecule has 0 spiro atoms. The summed E-state index contributed by atoms with van der Waals surface area (Å²) in [5.74, 6) is -0.124. The van der Waals surface area contributed by atoms with Crippen molar-refractivity contribution in [2.24, 2.45) is 0 Å². The van der Waals surface area contributed by atoms with Gasteiger partial charge in [0.05, 0.1) is 0 Å². The van der Waals surface area contributed by atoms with Gasteiger partial charge in [0.2, 0.25) is 11.8 Å². The van der Waals surface area contributed by atoms with Crippen LogP contribution in [0.2, 0.25) is 5.02 Å². The van der Waals surface area contributed by atoms with Crippen molar-refractivity contribution < 1.29 is 9.59 Å². The van der Waals surface area contributed by atoms with E-state index < -0.39 is 6.04 Å². The zero-order valence-corrected chi connectivity index (χ0v) is 18.3. The van der Waals surface area contributed by atoms with E-state index >= 15 is 0 Å². The van der Waals surface area contributed by atoms with Gasteiger partial charge in [0, 0.05) is 24.5 Å². The molecule has 0 saturated carbocycles. The van der Waals surface area contributed by atoms with Crippen LogP contribution in [0, 0.1) is 6.92 Å². The Balaban J connectivity index is 2.22. The van der Waals surface area contributed by atoms with Crippen LogP contribution in [0.25, 0.3) is 0 Å². The second-order valence-corrected chi connectivity index (χ2v) is 7.66. The number of aryl methyl sites for hydroxylation is 2. The molecule has 4 nitrogen and oxygen atoms in total. The lowest BCUT2D eigenvalue weighted by atomic mass is 10.0. The summed E-state index contributed by atoms with van der Waals surface area (Å²) < 4.78 is 0. The fourth-order valence-corrected chi connectivity index (χ4v) is 3.57. The zero-order valence-electron chi connectivity index (χ0n) is 17.6. The molecule has 29 heavy (non-hydrogen) atoms. The van der Waals surface area contributed by atoms with Crippen molar-refractivity contribution >= 4 is 23.4 Å². The number of hydrogen-bond donors (Lipinski definition) is 1. The molecule has 0 aliphatic heterocycles. The molecule has 0 fully saturated rings. The summed E-state index contributed by atoms with van der Waals surface area (Å²) in [6, 6.07) is 15.1. The van der Waals surface area contributed by atoms with Gasteiger partial charge in [-0.05, 0) is 48.9 Å². The van der Waals surface area contributed by atoms with Gasteiger partial charge in [-0.1, -0.05) is 67.9 Å². The van der Waals surface area contributed by atoms with Crippen LogP contribution >= 0.6 is 11.6 Å². The van der Waals surface area contributed by atoms with Crippen LogP contribution in [0.3, 0.4) is 0 Å². The molecule has 0 aliphatic rings. The van der Waals surface area contributed by atoms with Gasteiger partial charge in [-0.3, -0.25) is 9.59 Å². The molecule has 0 heterocycles. The van der Waals surface area contributed by atoms with Gasteiger partial charge >= 0.3 is 0 Å². The first-order valence-electron chi connectivity index (χ1n) is 10.3. The predicted octanol–water partition coefficient (Wildman–Crippen LogP) is 4.91. The van der Waals surface area contributed by atoms with E-state index in [-0.39, 0.29) is 11.8 Å². The number of halogens is 1. The molecule has 0 saturated heterocycles. The van der Waals surface area contributed by atoms with Gasteiger partial charge in [-0.25, -0.2) is 0 Å². The topological polar surface area (TPSA) is 49.4 Å². The van der Waals surface area contributed by atoms with E-state index in [9.17, 15) is 9.59 Å². The van der Waals surface area contributed by atoms with Crippen molar-refractivity contribution in [2.75, 3.05) is 6.54 Å². The van der Waals surface area contributed by atoms with Crippen LogP contribution < -0.4 is 5.32 Å². The molecule has 0 aromatic heterocycles. The smallest absolute Gasteiger partial charge is 0.242 e.